The quantitative estimate of drug-likeness (QED) is 0.895. The third kappa shape index (κ3) is 3.75. The second-order valence-electron chi connectivity index (χ2n) is 5.09. The van der Waals surface area contributed by atoms with Gasteiger partial charge in [-0.3, -0.25) is 0 Å². The van der Waals surface area contributed by atoms with Crippen molar-refractivity contribution in [2.75, 3.05) is 13.1 Å². The van der Waals surface area contributed by atoms with Crippen LogP contribution in [0.25, 0.3) is 0 Å². The van der Waals surface area contributed by atoms with Gasteiger partial charge in [-0.1, -0.05) is 6.07 Å². The molecule has 1 heterocycles. The zero-order valence-corrected chi connectivity index (χ0v) is 12.3. The van der Waals surface area contributed by atoms with Crippen LogP contribution in [0.5, 0.6) is 0 Å². The summed E-state index contributed by atoms with van der Waals surface area (Å²) in [5.41, 5.74) is -1.20. The van der Waals surface area contributed by atoms with Crippen LogP contribution < -0.4 is 10.0 Å². The summed E-state index contributed by atoms with van der Waals surface area (Å²) in [6.45, 7) is 2.48. The van der Waals surface area contributed by atoms with Crippen LogP contribution in [-0.4, -0.2) is 27.5 Å². The van der Waals surface area contributed by atoms with Gasteiger partial charge in [0, 0.05) is 12.6 Å². The van der Waals surface area contributed by atoms with Crippen LogP contribution in [-0.2, 0) is 16.2 Å². The summed E-state index contributed by atoms with van der Waals surface area (Å²) >= 11 is 0. The van der Waals surface area contributed by atoms with E-state index in [1.165, 1.54) is 13.0 Å². The maximum Gasteiger partial charge on any atom is 0.416 e. The first-order chi connectivity index (χ1) is 9.72. The number of sulfonamides is 1. The molecule has 2 N–H and O–H groups in total. The van der Waals surface area contributed by atoms with E-state index in [0.29, 0.717) is 13.0 Å². The molecule has 1 saturated heterocycles. The largest absolute Gasteiger partial charge is 0.416 e. The highest BCUT2D eigenvalue weighted by atomic mass is 32.2. The molecule has 0 aromatic heterocycles. The Hall–Kier alpha value is -1.12. The number of hydrogen-bond acceptors (Lipinski definition) is 3. The van der Waals surface area contributed by atoms with Gasteiger partial charge in [0.2, 0.25) is 10.0 Å². The fourth-order valence-electron chi connectivity index (χ4n) is 2.45. The van der Waals surface area contributed by atoms with Crippen LogP contribution >= 0.6 is 0 Å². The van der Waals surface area contributed by atoms with E-state index in [1.807, 2.05) is 0 Å². The van der Waals surface area contributed by atoms with Crippen LogP contribution in [0.3, 0.4) is 0 Å². The van der Waals surface area contributed by atoms with Crippen LogP contribution in [0.15, 0.2) is 23.1 Å². The number of halogens is 3. The summed E-state index contributed by atoms with van der Waals surface area (Å²) in [5.74, 6) is 0. The van der Waals surface area contributed by atoms with Gasteiger partial charge in [0.05, 0.1) is 10.5 Å². The third-order valence-electron chi connectivity index (χ3n) is 3.50. The molecule has 1 aromatic carbocycles. The van der Waals surface area contributed by atoms with E-state index < -0.39 is 21.8 Å². The van der Waals surface area contributed by atoms with Crippen molar-refractivity contribution in [3.05, 3.63) is 29.3 Å². The van der Waals surface area contributed by atoms with Crippen LogP contribution in [0, 0.1) is 6.92 Å². The zero-order chi connectivity index (χ0) is 15.7. The Bertz CT molecular complexity index is 608. The molecule has 118 valence electrons. The molecule has 1 aliphatic rings. The maximum absolute atomic E-state index is 12.9. The lowest BCUT2D eigenvalue weighted by Crippen LogP contribution is -2.45. The zero-order valence-electron chi connectivity index (χ0n) is 11.5. The lowest BCUT2D eigenvalue weighted by Gasteiger charge is -2.24. The molecule has 0 aliphatic carbocycles. The van der Waals surface area contributed by atoms with Crippen molar-refractivity contribution in [1.82, 2.24) is 10.0 Å². The Morgan fingerprint density at radius 1 is 1.33 bits per heavy atom. The molecule has 0 bridgehead atoms. The molecule has 8 heteroatoms. The Morgan fingerprint density at radius 3 is 2.62 bits per heavy atom. The number of rotatable bonds is 3. The number of nitrogens with one attached hydrogen (secondary N) is 2. The van der Waals surface area contributed by atoms with Crippen LogP contribution in [0.2, 0.25) is 0 Å². The maximum atomic E-state index is 12.9. The number of benzene rings is 1. The fraction of sp³-hybridized carbons (Fsp3) is 0.538. The van der Waals surface area contributed by atoms with Gasteiger partial charge in [-0.25, -0.2) is 13.1 Å². The highest BCUT2D eigenvalue weighted by Crippen LogP contribution is 2.34. The molecule has 1 aliphatic heterocycles. The van der Waals surface area contributed by atoms with Crippen molar-refractivity contribution >= 4 is 10.0 Å². The Labute approximate surface area is 121 Å². The van der Waals surface area contributed by atoms with Gasteiger partial charge in [0.1, 0.15) is 0 Å². The van der Waals surface area contributed by atoms with E-state index in [-0.39, 0.29) is 16.5 Å². The van der Waals surface area contributed by atoms with Crippen molar-refractivity contribution in [2.45, 2.75) is 36.9 Å². The highest BCUT2D eigenvalue weighted by Gasteiger charge is 2.35. The molecule has 1 unspecified atom stereocenters. The molecule has 4 nitrogen and oxygen atoms in total. The number of piperidine rings is 1. The molecule has 21 heavy (non-hydrogen) atoms. The smallest absolute Gasteiger partial charge is 0.315 e. The summed E-state index contributed by atoms with van der Waals surface area (Å²) in [6, 6.07) is 2.90. The SMILES string of the molecule is Cc1c(C(F)(F)F)cccc1S(=O)(=O)NC1CCCNC1. The van der Waals surface area contributed by atoms with Crippen molar-refractivity contribution in [3.63, 3.8) is 0 Å². The lowest BCUT2D eigenvalue weighted by atomic mass is 10.1. The highest BCUT2D eigenvalue weighted by molar-refractivity contribution is 7.89. The monoisotopic (exact) mass is 322 g/mol. The van der Waals surface area contributed by atoms with Crippen LogP contribution in [0.1, 0.15) is 24.0 Å². The molecule has 0 radical (unpaired) electrons. The van der Waals surface area contributed by atoms with E-state index in [4.69, 9.17) is 0 Å². The number of alkyl halides is 3. The summed E-state index contributed by atoms with van der Waals surface area (Å²) in [6.07, 6.45) is -3.07. The predicted octanol–water partition coefficient (Wildman–Crippen LogP) is 2.04. The first-order valence-electron chi connectivity index (χ1n) is 6.61. The van der Waals surface area contributed by atoms with Gasteiger partial charge >= 0.3 is 6.18 Å². The minimum Gasteiger partial charge on any atom is -0.315 e. The average Bonchev–Trinajstić information content (AvgIpc) is 2.38. The summed E-state index contributed by atoms with van der Waals surface area (Å²) in [5, 5.41) is 3.05. The van der Waals surface area contributed by atoms with Crippen molar-refractivity contribution < 1.29 is 21.6 Å². The fourth-order valence-corrected chi connectivity index (χ4v) is 3.99. The molecule has 0 amide bonds. The van der Waals surface area contributed by atoms with Gasteiger partial charge in [0.25, 0.3) is 0 Å². The standard InChI is InChI=1S/C13H17F3N2O2S/c1-9-11(13(14,15)16)5-2-6-12(9)21(19,20)18-10-4-3-7-17-8-10/h2,5-6,10,17-18H,3-4,7-8H2,1H3. The molecule has 1 fully saturated rings. The number of hydrogen-bond donors (Lipinski definition) is 2. The second kappa shape index (κ2) is 5.94. The minimum absolute atomic E-state index is 0.277. The van der Waals surface area contributed by atoms with E-state index in [9.17, 15) is 21.6 Å². The van der Waals surface area contributed by atoms with Gasteiger partial charge in [-0.2, -0.15) is 13.2 Å². The average molecular weight is 322 g/mol. The first kappa shape index (κ1) is 16.3. The van der Waals surface area contributed by atoms with E-state index >= 15 is 0 Å². The van der Waals surface area contributed by atoms with E-state index in [2.05, 4.69) is 10.0 Å². The van der Waals surface area contributed by atoms with Gasteiger partial charge in [0.15, 0.2) is 0 Å². The second-order valence-corrected chi connectivity index (χ2v) is 6.77. The van der Waals surface area contributed by atoms with Crippen LogP contribution in [0.4, 0.5) is 13.2 Å². The third-order valence-corrected chi connectivity index (χ3v) is 5.16. The molecule has 0 saturated carbocycles. The van der Waals surface area contributed by atoms with Crippen molar-refractivity contribution in [1.29, 1.82) is 0 Å². The molecular formula is C13H17F3N2O2S. The minimum atomic E-state index is -4.57. The Balaban J connectivity index is 2.32. The van der Waals surface area contributed by atoms with Gasteiger partial charge < -0.3 is 5.32 Å². The summed E-state index contributed by atoms with van der Waals surface area (Å²) < 4.78 is 65.6. The molecule has 2 rings (SSSR count). The van der Waals surface area contributed by atoms with E-state index in [1.54, 1.807) is 0 Å². The lowest BCUT2D eigenvalue weighted by molar-refractivity contribution is -0.138. The molecule has 1 aromatic rings. The predicted molar refractivity (Wildman–Crippen MR) is 72.4 cm³/mol. The summed E-state index contributed by atoms with van der Waals surface area (Å²) in [4.78, 5) is -0.317. The Kier molecular flexibility index (Phi) is 4.60. The first-order valence-corrected chi connectivity index (χ1v) is 8.10. The molecule has 0 spiro atoms. The van der Waals surface area contributed by atoms with Crippen molar-refractivity contribution in [2.24, 2.45) is 0 Å². The molecular weight excluding hydrogens is 305 g/mol. The molecule has 1 atom stereocenters. The normalized spacial score (nSPS) is 20.5. The van der Waals surface area contributed by atoms with Crippen molar-refractivity contribution in [3.8, 4) is 0 Å². The topological polar surface area (TPSA) is 58.2 Å². The summed E-state index contributed by atoms with van der Waals surface area (Å²) in [7, 11) is -3.96. The Morgan fingerprint density at radius 2 is 2.05 bits per heavy atom. The van der Waals surface area contributed by atoms with Gasteiger partial charge in [-0.15, -0.1) is 0 Å². The van der Waals surface area contributed by atoms with E-state index in [0.717, 1.165) is 25.1 Å². The van der Waals surface area contributed by atoms with Gasteiger partial charge in [-0.05, 0) is 44.0 Å².